The number of aromatic hydroxyl groups is 1. The molecule has 0 saturated carbocycles. The van der Waals surface area contributed by atoms with Gasteiger partial charge in [0, 0.05) is 5.56 Å². The lowest BCUT2D eigenvalue weighted by molar-refractivity contribution is 0.306. The molecule has 2 aromatic carbocycles. The lowest BCUT2D eigenvalue weighted by atomic mass is 10.2. The lowest BCUT2D eigenvalue weighted by Gasteiger charge is -2.10. The Hall–Kier alpha value is -1.94. The number of phenolic OH excluding ortho intramolecular Hbond substituents is 1. The first-order chi connectivity index (χ1) is 8.58. The van der Waals surface area contributed by atoms with Crippen molar-refractivity contribution >= 4 is 17.3 Å². The van der Waals surface area contributed by atoms with Crippen LogP contribution in [0, 0.1) is 5.82 Å². The number of para-hydroxylation sites is 1. The SMILES string of the molecule is Nc1c(O)cccc1OCc1ccc(F)cc1Cl. The number of nitrogens with two attached hydrogens (primary N) is 1. The van der Waals surface area contributed by atoms with Crippen LogP contribution in [0.3, 0.4) is 0 Å². The van der Waals surface area contributed by atoms with Crippen molar-refractivity contribution in [3.05, 3.63) is 52.8 Å². The third kappa shape index (κ3) is 2.65. The predicted octanol–water partition coefficient (Wildman–Crippen LogP) is 3.35. The number of phenols is 1. The fourth-order valence-electron chi connectivity index (χ4n) is 1.45. The van der Waals surface area contributed by atoms with Gasteiger partial charge in [0.25, 0.3) is 0 Å². The summed E-state index contributed by atoms with van der Waals surface area (Å²) in [7, 11) is 0. The largest absolute Gasteiger partial charge is 0.506 e. The molecule has 5 heteroatoms. The first kappa shape index (κ1) is 12.5. The Morgan fingerprint density at radius 2 is 2.06 bits per heavy atom. The molecule has 94 valence electrons. The van der Waals surface area contributed by atoms with Gasteiger partial charge in [0.2, 0.25) is 0 Å². The van der Waals surface area contributed by atoms with E-state index in [0.29, 0.717) is 11.3 Å². The van der Waals surface area contributed by atoms with Crippen molar-refractivity contribution in [1.82, 2.24) is 0 Å². The van der Waals surface area contributed by atoms with Crippen molar-refractivity contribution in [3.8, 4) is 11.5 Å². The van der Waals surface area contributed by atoms with Crippen LogP contribution in [0.25, 0.3) is 0 Å². The van der Waals surface area contributed by atoms with Crippen LogP contribution in [0.15, 0.2) is 36.4 Å². The molecule has 0 unspecified atom stereocenters. The van der Waals surface area contributed by atoms with Crippen LogP contribution in [0.2, 0.25) is 5.02 Å². The van der Waals surface area contributed by atoms with E-state index in [1.165, 1.54) is 24.3 Å². The molecule has 0 fully saturated rings. The van der Waals surface area contributed by atoms with Crippen LogP contribution < -0.4 is 10.5 Å². The summed E-state index contributed by atoms with van der Waals surface area (Å²) in [5, 5.41) is 9.69. The van der Waals surface area contributed by atoms with Crippen LogP contribution in [-0.2, 0) is 6.61 Å². The van der Waals surface area contributed by atoms with E-state index in [4.69, 9.17) is 22.1 Å². The summed E-state index contributed by atoms with van der Waals surface area (Å²) in [6, 6.07) is 8.77. The highest BCUT2D eigenvalue weighted by Gasteiger charge is 2.07. The van der Waals surface area contributed by atoms with E-state index in [2.05, 4.69) is 0 Å². The molecule has 0 aliphatic carbocycles. The van der Waals surface area contributed by atoms with Crippen molar-refractivity contribution in [1.29, 1.82) is 0 Å². The summed E-state index contributed by atoms with van der Waals surface area (Å²) in [6.07, 6.45) is 0. The fourth-order valence-corrected chi connectivity index (χ4v) is 1.67. The standard InChI is InChI=1S/C13H11ClFNO2/c14-10-6-9(15)5-4-8(10)7-18-12-3-1-2-11(17)13(12)16/h1-6,17H,7,16H2. The Balaban J connectivity index is 2.14. The van der Waals surface area contributed by atoms with Gasteiger partial charge in [0.15, 0.2) is 0 Å². The molecule has 3 nitrogen and oxygen atoms in total. The predicted molar refractivity (Wildman–Crippen MR) is 68.3 cm³/mol. The molecular formula is C13H11ClFNO2. The smallest absolute Gasteiger partial charge is 0.146 e. The van der Waals surface area contributed by atoms with Crippen molar-refractivity contribution < 1.29 is 14.2 Å². The molecule has 0 heterocycles. The molecule has 0 radical (unpaired) electrons. The van der Waals surface area contributed by atoms with E-state index in [-0.39, 0.29) is 23.1 Å². The number of rotatable bonds is 3. The molecule has 18 heavy (non-hydrogen) atoms. The normalized spacial score (nSPS) is 10.3. The average molecular weight is 268 g/mol. The van der Waals surface area contributed by atoms with Gasteiger partial charge in [0.05, 0.1) is 5.02 Å². The molecule has 0 bridgehead atoms. The van der Waals surface area contributed by atoms with Gasteiger partial charge in [0.1, 0.15) is 29.6 Å². The number of anilines is 1. The maximum atomic E-state index is 12.8. The maximum absolute atomic E-state index is 12.8. The summed E-state index contributed by atoms with van der Waals surface area (Å²) >= 11 is 5.87. The molecule has 2 aromatic rings. The average Bonchev–Trinajstić information content (AvgIpc) is 2.33. The third-order valence-corrected chi connectivity index (χ3v) is 2.79. The minimum absolute atomic E-state index is 0.0438. The fraction of sp³-hybridized carbons (Fsp3) is 0.0769. The van der Waals surface area contributed by atoms with Crippen LogP contribution in [0.5, 0.6) is 11.5 Å². The number of hydrogen-bond donors (Lipinski definition) is 2. The molecule has 3 N–H and O–H groups in total. The Bertz CT molecular complexity index is 575. The van der Waals surface area contributed by atoms with Crippen LogP contribution >= 0.6 is 11.6 Å². The number of halogens is 2. The summed E-state index contributed by atoms with van der Waals surface area (Å²) in [5.41, 5.74) is 6.44. The second-order valence-electron chi connectivity index (χ2n) is 3.71. The Morgan fingerprint density at radius 1 is 1.28 bits per heavy atom. The number of nitrogen functional groups attached to an aromatic ring is 1. The van der Waals surface area contributed by atoms with E-state index in [0.717, 1.165) is 0 Å². The molecular weight excluding hydrogens is 257 g/mol. The molecule has 2 rings (SSSR count). The second-order valence-corrected chi connectivity index (χ2v) is 4.12. The molecule has 0 aliphatic rings. The van der Waals surface area contributed by atoms with Gasteiger partial charge < -0.3 is 15.6 Å². The molecule has 0 aromatic heterocycles. The highest BCUT2D eigenvalue weighted by Crippen LogP contribution is 2.31. The van der Waals surface area contributed by atoms with Crippen molar-refractivity contribution in [2.24, 2.45) is 0 Å². The van der Waals surface area contributed by atoms with Gasteiger partial charge in [-0.15, -0.1) is 0 Å². The monoisotopic (exact) mass is 267 g/mol. The minimum atomic E-state index is -0.402. The van der Waals surface area contributed by atoms with Gasteiger partial charge in [-0.2, -0.15) is 0 Å². The maximum Gasteiger partial charge on any atom is 0.146 e. The van der Waals surface area contributed by atoms with Crippen LogP contribution in [-0.4, -0.2) is 5.11 Å². The molecule has 0 amide bonds. The van der Waals surface area contributed by atoms with Gasteiger partial charge in [-0.25, -0.2) is 4.39 Å². The van der Waals surface area contributed by atoms with Crippen molar-refractivity contribution in [2.45, 2.75) is 6.61 Å². The van der Waals surface area contributed by atoms with Gasteiger partial charge in [-0.3, -0.25) is 0 Å². The zero-order chi connectivity index (χ0) is 13.1. The topological polar surface area (TPSA) is 55.5 Å². The summed E-state index contributed by atoms with van der Waals surface area (Å²) in [4.78, 5) is 0. The first-order valence-corrected chi connectivity index (χ1v) is 5.60. The number of ether oxygens (including phenoxy) is 1. The molecule has 0 saturated heterocycles. The molecule has 0 atom stereocenters. The van der Waals surface area contributed by atoms with E-state index in [9.17, 15) is 9.50 Å². The number of hydrogen-bond acceptors (Lipinski definition) is 3. The second kappa shape index (κ2) is 5.14. The highest BCUT2D eigenvalue weighted by atomic mass is 35.5. The van der Waals surface area contributed by atoms with Crippen LogP contribution in [0.1, 0.15) is 5.56 Å². The van der Waals surface area contributed by atoms with Crippen molar-refractivity contribution in [3.63, 3.8) is 0 Å². The van der Waals surface area contributed by atoms with E-state index < -0.39 is 5.82 Å². The van der Waals surface area contributed by atoms with E-state index in [1.807, 2.05) is 0 Å². The summed E-state index contributed by atoms with van der Waals surface area (Å²) < 4.78 is 18.3. The third-order valence-electron chi connectivity index (χ3n) is 2.44. The van der Waals surface area contributed by atoms with Gasteiger partial charge in [-0.05, 0) is 24.3 Å². The minimum Gasteiger partial charge on any atom is -0.506 e. The lowest BCUT2D eigenvalue weighted by Crippen LogP contribution is -1.99. The zero-order valence-electron chi connectivity index (χ0n) is 9.36. The zero-order valence-corrected chi connectivity index (χ0v) is 10.1. The first-order valence-electron chi connectivity index (χ1n) is 5.22. The molecule has 0 spiro atoms. The van der Waals surface area contributed by atoms with Crippen LogP contribution in [0.4, 0.5) is 10.1 Å². The molecule has 0 aliphatic heterocycles. The van der Waals surface area contributed by atoms with Crippen molar-refractivity contribution in [2.75, 3.05) is 5.73 Å². The summed E-state index contributed by atoms with van der Waals surface area (Å²) in [6.45, 7) is 0.146. The quantitative estimate of drug-likeness (QED) is 0.662. The highest BCUT2D eigenvalue weighted by molar-refractivity contribution is 6.31. The van der Waals surface area contributed by atoms with Gasteiger partial charge >= 0.3 is 0 Å². The summed E-state index contributed by atoms with van der Waals surface area (Å²) in [5.74, 6) is -0.0892. The Labute approximate surface area is 109 Å². The van der Waals surface area contributed by atoms with E-state index >= 15 is 0 Å². The number of benzene rings is 2. The van der Waals surface area contributed by atoms with Gasteiger partial charge in [-0.1, -0.05) is 23.7 Å². The van der Waals surface area contributed by atoms with E-state index in [1.54, 1.807) is 12.1 Å². The Kier molecular flexibility index (Phi) is 3.58. The Morgan fingerprint density at radius 3 is 2.78 bits per heavy atom.